The molecular weight excluding hydrogens is 278 g/mol. The highest BCUT2D eigenvalue weighted by Gasteiger charge is 2.15. The van der Waals surface area contributed by atoms with Crippen LogP contribution in [0, 0.1) is 0 Å². The van der Waals surface area contributed by atoms with Gasteiger partial charge in [-0.05, 0) is 18.2 Å². The second-order valence-electron chi connectivity index (χ2n) is 4.15. The summed E-state index contributed by atoms with van der Waals surface area (Å²) in [7, 11) is 3.20. The molecule has 0 atom stereocenters. The minimum absolute atomic E-state index is 0.560. The number of hydrogen-bond donors (Lipinski definition) is 1. The first-order valence-corrected chi connectivity index (χ1v) is 6.33. The second kappa shape index (κ2) is 5.02. The SMILES string of the molecule is COc1cccc(-c2nc3ncc(Cl)cc3[nH]2)c1OC. The molecule has 3 rings (SSSR count). The van der Waals surface area contributed by atoms with E-state index in [1.54, 1.807) is 26.5 Å². The van der Waals surface area contributed by atoms with Crippen molar-refractivity contribution >= 4 is 22.8 Å². The fourth-order valence-corrected chi connectivity index (χ4v) is 2.23. The molecule has 0 unspecified atom stereocenters. The molecular formula is C14H12ClN3O2. The molecule has 0 radical (unpaired) electrons. The quantitative estimate of drug-likeness (QED) is 0.804. The molecule has 20 heavy (non-hydrogen) atoms. The monoisotopic (exact) mass is 289 g/mol. The third-order valence-electron chi connectivity index (χ3n) is 2.96. The predicted octanol–water partition coefficient (Wildman–Crippen LogP) is 3.30. The van der Waals surface area contributed by atoms with E-state index < -0.39 is 0 Å². The Kier molecular flexibility index (Phi) is 3.20. The van der Waals surface area contributed by atoms with Gasteiger partial charge in [0.2, 0.25) is 0 Å². The molecule has 2 heterocycles. The lowest BCUT2D eigenvalue weighted by Gasteiger charge is -2.10. The van der Waals surface area contributed by atoms with E-state index in [0.717, 1.165) is 11.1 Å². The number of nitrogens with one attached hydrogen (secondary N) is 1. The van der Waals surface area contributed by atoms with E-state index in [-0.39, 0.29) is 0 Å². The average Bonchev–Trinajstić information content (AvgIpc) is 2.88. The zero-order valence-electron chi connectivity index (χ0n) is 11.0. The van der Waals surface area contributed by atoms with Gasteiger partial charge in [0, 0.05) is 6.20 Å². The van der Waals surface area contributed by atoms with Crippen LogP contribution in [0.15, 0.2) is 30.5 Å². The third-order valence-corrected chi connectivity index (χ3v) is 3.17. The van der Waals surface area contributed by atoms with Gasteiger partial charge in [-0.1, -0.05) is 17.7 Å². The van der Waals surface area contributed by atoms with Gasteiger partial charge in [-0.25, -0.2) is 9.97 Å². The number of imidazole rings is 1. The number of hydrogen-bond acceptors (Lipinski definition) is 4. The van der Waals surface area contributed by atoms with Crippen molar-refractivity contribution in [3.63, 3.8) is 0 Å². The fourth-order valence-electron chi connectivity index (χ4n) is 2.08. The molecule has 1 aromatic carbocycles. The minimum Gasteiger partial charge on any atom is -0.493 e. The van der Waals surface area contributed by atoms with Gasteiger partial charge in [-0.3, -0.25) is 0 Å². The normalized spacial score (nSPS) is 10.8. The summed E-state index contributed by atoms with van der Waals surface area (Å²) in [6.07, 6.45) is 1.57. The first kappa shape index (κ1) is 12.7. The topological polar surface area (TPSA) is 60.0 Å². The van der Waals surface area contributed by atoms with Gasteiger partial charge in [0.1, 0.15) is 5.82 Å². The Morgan fingerprint density at radius 1 is 1.20 bits per heavy atom. The molecule has 0 bridgehead atoms. The highest BCUT2D eigenvalue weighted by Crippen LogP contribution is 2.37. The molecule has 6 heteroatoms. The van der Waals surface area contributed by atoms with Crippen LogP contribution < -0.4 is 9.47 Å². The highest BCUT2D eigenvalue weighted by atomic mass is 35.5. The summed E-state index contributed by atoms with van der Waals surface area (Å²) in [6.45, 7) is 0. The zero-order chi connectivity index (χ0) is 14.1. The van der Waals surface area contributed by atoms with Crippen molar-refractivity contribution < 1.29 is 9.47 Å². The summed E-state index contributed by atoms with van der Waals surface area (Å²) >= 11 is 5.93. The van der Waals surface area contributed by atoms with Crippen LogP contribution in [0.1, 0.15) is 0 Å². The lowest BCUT2D eigenvalue weighted by Crippen LogP contribution is -1.93. The number of rotatable bonds is 3. The maximum absolute atomic E-state index is 5.93. The van der Waals surface area contributed by atoms with Gasteiger partial charge in [0.15, 0.2) is 17.1 Å². The summed E-state index contributed by atoms with van der Waals surface area (Å²) in [4.78, 5) is 11.8. The molecule has 0 amide bonds. The van der Waals surface area contributed by atoms with E-state index in [2.05, 4.69) is 15.0 Å². The van der Waals surface area contributed by atoms with Gasteiger partial charge >= 0.3 is 0 Å². The Morgan fingerprint density at radius 3 is 2.80 bits per heavy atom. The van der Waals surface area contributed by atoms with Crippen molar-refractivity contribution in [3.05, 3.63) is 35.5 Å². The summed E-state index contributed by atoms with van der Waals surface area (Å²) in [6, 6.07) is 7.40. The van der Waals surface area contributed by atoms with Gasteiger partial charge < -0.3 is 14.5 Å². The van der Waals surface area contributed by atoms with E-state index in [0.29, 0.717) is 28.0 Å². The van der Waals surface area contributed by atoms with Gasteiger partial charge in [-0.2, -0.15) is 0 Å². The predicted molar refractivity (Wildman–Crippen MR) is 77.4 cm³/mol. The number of para-hydroxylation sites is 1. The third kappa shape index (κ3) is 2.06. The number of pyridine rings is 1. The van der Waals surface area contributed by atoms with Crippen molar-refractivity contribution in [2.45, 2.75) is 0 Å². The fraction of sp³-hybridized carbons (Fsp3) is 0.143. The van der Waals surface area contributed by atoms with Crippen LogP contribution in [0.2, 0.25) is 5.02 Å². The maximum Gasteiger partial charge on any atom is 0.178 e. The highest BCUT2D eigenvalue weighted by molar-refractivity contribution is 6.31. The van der Waals surface area contributed by atoms with E-state index >= 15 is 0 Å². The molecule has 5 nitrogen and oxygen atoms in total. The van der Waals surface area contributed by atoms with Crippen LogP contribution in [-0.4, -0.2) is 29.2 Å². The number of nitrogens with zero attached hydrogens (tertiary/aromatic N) is 2. The first-order valence-electron chi connectivity index (χ1n) is 5.95. The zero-order valence-corrected chi connectivity index (χ0v) is 11.7. The Bertz CT molecular complexity index is 770. The Labute approximate surface area is 120 Å². The number of ether oxygens (including phenoxy) is 2. The number of halogens is 1. The summed E-state index contributed by atoms with van der Waals surface area (Å²) < 4.78 is 10.7. The average molecular weight is 290 g/mol. The molecule has 0 aliphatic carbocycles. The van der Waals surface area contributed by atoms with Crippen LogP contribution in [0.5, 0.6) is 11.5 Å². The summed E-state index contributed by atoms with van der Waals surface area (Å²) in [5.41, 5.74) is 2.19. The molecule has 0 aliphatic rings. The van der Waals surface area contributed by atoms with E-state index in [4.69, 9.17) is 21.1 Å². The van der Waals surface area contributed by atoms with Crippen molar-refractivity contribution in [2.75, 3.05) is 14.2 Å². The maximum atomic E-state index is 5.93. The van der Waals surface area contributed by atoms with E-state index in [1.807, 2.05) is 18.2 Å². The molecule has 3 aromatic rings. The largest absolute Gasteiger partial charge is 0.493 e. The molecule has 0 fully saturated rings. The van der Waals surface area contributed by atoms with Gasteiger partial charge in [0.25, 0.3) is 0 Å². The van der Waals surface area contributed by atoms with E-state index in [9.17, 15) is 0 Å². The Balaban J connectivity index is 2.20. The number of H-pyrrole nitrogens is 1. The van der Waals surface area contributed by atoms with Crippen molar-refractivity contribution in [2.24, 2.45) is 0 Å². The van der Waals surface area contributed by atoms with Crippen molar-refractivity contribution in [1.29, 1.82) is 0 Å². The lowest BCUT2D eigenvalue weighted by molar-refractivity contribution is 0.356. The lowest BCUT2D eigenvalue weighted by atomic mass is 10.1. The molecule has 0 saturated heterocycles. The van der Waals surface area contributed by atoms with Crippen molar-refractivity contribution in [1.82, 2.24) is 15.0 Å². The van der Waals surface area contributed by atoms with E-state index in [1.165, 1.54) is 0 Å². The van der Waals surface area contributed by atoms with Crippen LogP contribution >= 0.6 is 11.6 Å². The Hall–Kier alpha value is -2.27. The number of methoxy groups -OCH3 is 2. The van der Waals surface area contributed by atoms with Gasteiger partial charge in [0.05, 0.1) is 30.3 Å². The number of aromatic amines is 1. The molecule has 2 aromatic heterocycles. The summed E-state index contributed by atoms with van der Waals surface area (Å²) in [5, 5.41) is 0.560. The standard InChI is InChI=1S/C14H12ClN3O2/c1-19-11-5-3-4-9(12(11)20-2)13-17-10-6-8(15)7-16-14(10)18-13/h3-7H,1-2H3,(H,16,17,18). The van der Waals surface area contributed by atoms with Crippen LogP contribution in [-0.2, 0) is 0 Å². The first-order chi connectivity index (χ1) is 9.72. The van der Waals surface area contributed by atoms with Crippen LogP contribution in [0.25, 0.3) is 22.6 Å². The number of fused-ring (bicyclic) bond motifs is 1. The smallest absolute Gasteiger partial charge is 0.178 e. The van der Waals surface area contributed by atoms with Crippen molar-refractivity contribution in [3.8, 4) is 22.9 Å². The Morgan fingerprint density at radius 2 is 2.05 bits per heavy atom. The molecule has 1 N–H and O–H groups in total. The molecule has 0 spiro atoms. The number of benzene rings is 1. The molecule has 102 valence electrons. The van der Waals surface area contributed by atoms with Crippen LogP contribution in [0.3, 0.4) is 0 Å². The minimum atomic E-state index is 0.560. The number of aromatic nitrogens is 3. The molecule has 0 saturated carbocycles. The molecule has 0 aliphatic heterocycles. The van der Waals surface area contributed by atoms with Gasteiger partial charge in [-0.15, -0.1) is 0 Å². The van der Waals surface area contributed by atoms with Crippen LogP contribution in [0.4, 0.5) is 0 Å². The summed E-state index contributed by atoms with van der Waals surface area (Å²) in [5.74, 6) is 1.93. The second-order valence-corrected chi connectivity index (χ2v) is 4.59.